The summed E-state index contributed by atoms with van der Waals surface area (Å²) in [4.78, 5) is 0. The number of benzene rings is 1. The first-order valence-electron chi connectivity index (χ1n) is 3.21. The third-order valence-electron chi connectivity index (χ3n) is 1.39. The van der Waals surface area contributed by atoms with Crippen LogP contribution in [0.3, 0.4) is 0 Å². The Morgan fingerprint density at radius 1 is 1.36 bits per heavy atom. The van der Waals surface area contributed by atoms with Crippen LogP contribution in [0.2, 0.25) is 0 Å². The molecule has 1 aromatic rings. The summed E-state index contributed by atoms with van der Waals surface area (Å²) in [5, 5.41) is 0. The van der Waals surface area contributed by atoms with Gasteiger partial charge >= 0.3 is 0 Å². The number of hydrogen-bond donors (Lipinski definition) is 1. The number of anilines is 1. The molecule has 0 fully saturated rings. The molecule has 0 aliphatic rings. The van der Waals surface area contributed by atoms with E-state index in [4.69, 9.17) is 12.3 Å². The summed E-state index contributed by atoms with van der Waals surface area (Å²) >= 11 is 0. The van der Waals surface area contributed by atoms with E-state index in [2.05, 4.69) is 0 Å². The first-order valence-corrected chi connectivity index (χ1v) is 3.21. The van der Waals surface area contributed by atoms with Crippen LogP contribution in [-0.4, -0.2) is 0 Å². The van der Waals surface area contributed by atoms with E-state index in [1.807, 2.05) is 24.3 Å². The maximum absolute atomic E-state index is 5.63. The molecule has 1 radical (unpaired) electrons. The molecule has 11 heavy (non-hydrogen) atoms. The predicted molar refractivity (Wildman–Crippen MR) is 43.4 cm³/mol. The van der Waals surface area contributed by atoms with E-state index in [-0.39, 0.29) is 32.7 Å². The van der Waals surface area contributed by atoms with E-state index < -0.39 is 0 Å². The van der Waals surface area contributed by atoms with Crippen molar-refractivity contribution < 1.29 is 32.7 Å². The summed E-state index contributed by atoms with van der Waals surface area (Å²) in [5.41, 5.74) is 7.53. The molecule has 0 aromatic heterocycles. The Morgan fingerprint density at radius 2 is 2.00 bits per heavy atom. The van der Waals surface area contributed by atoms with E-state index >= 15 is 0 Å². The van der Waals surface area contributed by atoms with E-state index in [0.29, 0.717) is 0 Å². The molecule has 1 nitrogen and oxygen atoms in total. The zero-order chi connectivity index (χ0) is 7.40. The fourth-order valence-electron chi connectivity index (χ4n) is 0.847. The van der Waals surface area contributed by atoms with Gasteiger partial charge in [-0.1, -0.05) is 18.2 Å². The normalized spacial score (nSPS) is 8.36. The summed E-state index contributed by atoms with van der Waals surface area (Å²) in [7, 11) is 0. The summed E-state index contributed by atoms with van der Waals surface area (Å²) in [5.74, 6) is 0. The van der Waals surface area contributed by atoms with Crippen LogP contribution < -0.4 is 5.73 Å². The molecular weight excluding hydrogens is 211 g/mol. The maximum atomic E-state index is 5.63. The largest absolute Gasteiger partial charge is 0.518 e. The minimum Gasteiger partial charge on any atom is -0.518 e. The van der Waals surface area contributed by atoms with Crippen molar-refractivity contribution in [2.45, 2.75) is 6.42 Å². The van der Waals surface area contributed by atoms with Crippen LogP contribution in [0.15, 0.2) is 30.3 Å². The van der Waals surface area contributed by atoms with Crippen LogP contribution in [0.1, 0.15) is 5.56 Å². The van der Waals surface area contributed by atoms with Crippen LogP contribution in [0.5, 0.6) is 0 Å². The van der Waals surface area contributed by atoms with Gasteiger partial charge in [0.1, 0.15) is 0 Å². The van der Waals surface area contributed by atoms with Crippen molar-refractivity contribution in [3.8, 4) is 0 Å². The minimum atomic E-state index is 0. The van der Waals surface area contributed by atoms with Crippen LogP contribution in [0.25, 0.3) is 0 Å². The van der Waals surface area contributed by atoms with Crippen molar-refractivity contribution >= 4 is 5.69 Å². The van der Waals surface area contributed by atoms with Gasteiger partial charge in [-0.3, -0.25) is 6.08 Å². The van der Waals surface area contributed by atoms with E-state index in [0.717, 1.165) is 17.7 Å². The van der Waals surface area contributed by atoms with Crippen LogP contribution in [-0.2, 0) is 39.1 Å². The van der Waals surface area contributed by atoms with Crippen LogP contribution in [0.4, 0.5) is 5.69 Å². The first-order chi connectivity index (χ1) is 4.84. The van der Waals surface area contributed by atoms with Crippen molar-refractivity contribution in [1.82, 2.24) is 0 Å². The molecule has 0 heterocycles. The van der Waals surface area contributed by atoms with Crippen molar-refractivity contribution in [3.05, 3.63) is 42.5 Å². The average molecular weight is 221 g/mol. The SMILES string of the molecule is [CH-]=CCc1ccccc1N.[Y]. The zero-order valence-corrected chi connectivity index (χ0v) is 9.16. The molecule has 0 saturated carbocycles. The summed E-state index contributed by atoms with van der Waals surface area (Å²) in [6.07, 6.45) is 2.35. The fourth-order valence-corrected chi connectivity index (χ4v) is 0.847. The molecule has 0 bridgehead atoms. The van der Waals surface area contributed by atoms with Gasteiger partial charge in [0.25, 0.3) is 0 Å². The van der Waals surface area contributed by atoms with Gasteiger partial charge in [-0.05, 0) is 18.1 Å². The maximum Gasteiger partial charge on any atom is 0.0348 e. The molecule has 2 heteroatoms. The fraction of sp³-hybridized carbons (Fsp3) is 0.111. The summed E-state index contributed by atoms with van der Waals surface area (Å²) in [6.45, 7) is 5.25. The molecule has 0 aliphatic heterocycles. The molecule has 0 aliphatic carbocycles. The van der Waals surface area contributed by atoms with Gasteiger partial charge in [0, 0.05) is 38.4 Å². The van der Waals surface area contributed by atoms with E-state index in [1.54, 1.807) is 6.08 Å². The Kier molecular flexibility index (Phi) is 5.44. The number of nitrogen functional groups attached to an aromatic ring is 1. The Hall–Kier alpha value is -0.136. The molecule has 1 rings (SSSR count). The zero-order valence-electron chi connectivity index (χ0n) is 6.33. The Labute approximate surface area is 92.6 Å². The van der Waals surface area contributed by atoms with Gasteiger partial charge in [-0.2, -0.15) is 0 Å². The second kappa shape index (κ2) is 5.51. The van der Waals surface area contributed by atoms with Gasteiger partial charge in [-0.15, -0.1) is 0 Å². The Morgan fingerprint density at radius 3 is 2.55 bits per heavy atom. The summed E-state index contributed by atoms with van der Waals surface area (Å²) in [6, 6.07) is 7.71. The molecular formula is C9H10NY-. The number of para-hydroxylation sites is 1. The van der Waals surface area contributed by atoms with Gasteiger partial charge in [0.15, 0.2) is 0 Å². The van der Waals surface area contributed by atoms with Crippen LogP contribution in [0, 0.1) is 6.58 Å². The quantitative estimate of drug-likeness (QED) is 0.598. The third-order valence-corrected chi connectivity index (χ3v) is 1.39. The van der Waals surface area contributed by atoms with Crippen LogP contribution >= 0.6 is 0 Å². The molecule has 55 valence electrons. The van der Waals surface area contributed by atoms with Crippen molar-refractivity contribution in [3.63, 3.8) is 0 Å². The summed E-state index contributed by atoms with van der Waals surface area (Å²) < 4.78 is 0. The molecule has 0 saturated heterocycles. The average Bonchev–Trinajstić information content (AvgIpc) is 1.94. The van der Waals surface area contributed by atoms with Gasteiger partial charge in [-0.25, -0.2) is 0 Å². The first kappa shape index (κ1) is 10.9. The molecule has 0 spiro atoms. The molecule has 0 amide bonds. The molecule has 2 N–H and O–H groups in total. The van der Waals surface area contributed by atoms with E-state index in [9.17, 15) is 0 Å². The second-order valence-corrected chi connectivity index (χ2v) is 2.14. The van der Waals surface area contributed by atoms with Gasteiger partial charge in [0.2, 0.25) is 0 Å². The standard InChI is InChI=1S/C9H10N.Y/c1-2-5-8-6-3-4-7-9(8)10;/h1-4,6-7H,5,10H2;/q-1;. The predicted octanol–water partition coefficient (Wildman–Crippen LogP) is 1.80. The van der Waals surface area contributed by atoms with E-state index in [1.165, 1.54) is 0 Å². The molecule has 0 unspecified atom stereocenters. The van der Waals surface area contributed by atoms with Gasteiger partial charge in [0.05, 0.1) is 0 Å². The number of rotatable bonds is 2. The van der Waals surface area contributed by atoms with Crippen molar-refractivity contribution in [2.24, 2.45) is 0 Å². The van der Waals surface area contributed by atoms with Crippen molar-refractivity contribution in [2.75, 3.05) is 5.73 Å². The number of hydrogen-bond acceptors (Lipinski definition) is 1. The minimum absolute atomic E-state index is 0. The number of allylic oxidation sites excluding steroid dienone is 1. The third kappa shape index (κ3) is 3.17. The smallest absolute Gasteiger partial charge is 0.0348 e. The Bertz CT molecular complexity index is 233. The van der Waals surface area contributed by atoms with Gasteiger partial charge < -0.3 is 12.3 Å². The molecule has 0 atom stereocenters. The molecule has 1 aromatic carbocycles. The van der Waals surface area contributed by atoms with Crippen molar-refractivity contribution in [1.29, 1.82) is 0 Å². The number of nitrogens with two attached hydrogens (primary N) is 1. The second-order valence-electron chi connectivity index (χ2n) is 2.14. The monoisotopic (exact) mass is 221 g/mol. The topological polar surface area (TPSA) is 26.0 Å². The Balaban J connectivity index is 0.000001000.